The minimum Gasteiger partial charge on any atom is -0.496 e. The fourth-order valence-corrected chi connectivity index (χ4v) is 3.89. The van der Waals surface area contributed by atoms with Gasteiger partial charge in [0.25, 0.3) is 0 Å². The Balaban J connectivity index is 1.36. The summed E-state index contributed by atoms with van der Waals surface area (Å²) in [5.41, 5.74) is 4.97. The van der Waals surface area contributed by atoms with Gasteiger partial charge in [-0.2, -0.15) is 0 Å². The van der Waals surface area contributed by atoms with Crippen LogP contribution in [0.15, 0.2) is 42.5 Å². The number of aryl methyl sites for hydroxylation is 2. The number of carbonyl (C=O) groups excluding carboxylic acids is 1. The van der Waals surface area contributed by atoms with Gasteiger partial charge in [0.05, 0.1) is 7.11 Å². The van der Waals surface area contributed by atoms with Gasteiger partial charge in [0.15, 0.2) is 5.78 Å². The van der Waals surface area contributed by atoms with Crippen LogP contribution in [0.1, 0.15) is 52.7 Å². The van der Waals surface area contributed by atoms with Crippen LogP contribution >= 0.6 is 0 Å². The van der Waals surface area contributed by atoms with Gasteiger partial charge in [-0.25, -0.2) is 0 Å². The molecule has 0 atom stereocenters. The van der Waals surface area contributed by atoms with Gasteiger partial charge in [0.2, 0.25) is 0 Å². The van der Waals surface area contributed by atoms with Gasteiger partial charge >= 0.3 is 0 Å². The number of likely N-dealkylation sites (N-methyl/N-ethyl adjacent to an activating group) is 1. The first-order chi connectivity index (χ1) is 13.2. The minimum absolute atomic E-state index is 0.293. The number of rotatable bonds is 10. The number of hydrogen-bond acceptors (Lipinski definition) is 3. The van der Waals surface area contributed by atoms with E-state index < -0.39 is 0 Å². The maximum absolute atomic E-state index is 12.4. The van der Waals surface area contributed by atoms with E-state index in [1.165, 1.54) is 29.5 Å². The van der Waals surface area contributed by atoms with E-state index in [1.807, 2.05) is 18.2 Å². The van der Waals surface area contributed by atoms with Crippen LogP contribution in [0, 0.1) is 0 Å². The van der Waals surface area contributed by atoms with Crippen molar-refractivity contribution in [2.45, 2.75) is 44.9 Å². The molecular formula is C24H31NO2. The molecule has 0 saturated heterocycles. The molecule has 1 aliphatic rings. The molecule has 3 rings (SSSR count). The van der Waals surface area contributed by atoms with Crippen LogP contribution in [0.25, 0.3) is 0 Å². The molecule has 27 heavy (non-hydrogen) atoms. The molecule has 3 nitrogen and oxygen atoms in total. The van der Waals surface area contributed by atoms with Crippen molar-refractivity contribution in [3.05, 3.63) is 64.7 Å². The Morgan fingerprint density at radius 3 is 2.70 bits per heavy atom. The zero-order chi connectivity index (χ0) is 19.1. The number of unbranched alkanes of at least 4 members (excludes halogenated alkanes) is 1. The quantitative estimate of drug-likeness (QED) is 0.451. The molecule has 0 unspecified atom stereocenters. The molecule has 0 N–H and O–H groups in total. The summed E-state index contributed by atoms with van der Waals surface area (Å²) < 4.78 is 5.42. The third-order valence-electron chi connectivity index (χ3n) is 5.57. The first-order valence-electron chi connectivity index (χ1n) is 10.1. The van der Waals surface area contributed by atoms with Crippen molar-refractivity contribution in [2.75, 3.05) is 27.2 Å². The van der Waals surface area contributed by atoms with Gasteiger partial charge in [-0.05, 0) is 80.9 Å². The molecule has 0 radical (unpaired) electrons. The number of ether oxygens (including phenoxy) is 1. The third-order valence-corrected chi connectivity index (χ3v) is 5.57. The molecule has 0 spiro atoms. The Bertz CT molecular complexity index is 769. The van der Waals surface area contributed by atoms with Crippen molar-refractivity contribution < 1.29 is 9.53 Å². The van der Waals surface area contributed by atoms with E-state index in [9.17, 15) is 4.79 Å². The fraction of sp³-hybridized carbons (Fsp3) is 0.458. The Labute approximate surface area is 163 Å². The van der Waals surface area contributed by atoms with Crippen LogP contribution in [-0.2, 0) is 19.3 Å². The van der Waals surface area contributed by atoms with E-state index in [2.05, 4.69) is 36.2 Å². The molecule has 2 aromatic rings. The van der Waals surface area contributed by atoms with Crippen LogP contribution in [0.3, 0.4) is 0 Å². The molecule has 0 heterocycles. The van der Waals surface area contributed by atoms with Gasteiger partial charge < -0.3 is 9.64 Å². The molecule has 0 saturated carbocycles. The van der Waals surface area contributed by atoms with E-state index in [0.29, 0.717) is 12.2 Å². The predicted molar refractivity (Wildman–Crippen MR) is 111 cm³/mol. The molecule has 0 amide bonds. The largest absolute Gasteiger partial charge is 0.496 e. The van der Waals surface area contributed by atoms with Crippen LogP contribution in [-0.4, -0.2) is 37.9 Å². The lowest BCUT2D eigenvalue weighted by Crippen LogP contribution is -2.22. The molecule has 144 valence electrons. The number of carbonyl (C=O) groups is 1. The van der Waals surface area contributed by atoms with Gasteiger partial charge in [-0.3, -0.25) is 4.79 Å². The number of benzene rings is 2. The number of fused-ring (bicyclic) bond motifs is 1. The summed E-state index contributed by atoms with van der Waals surface area (Å²) in [6.45, 7) is 2.02. The van der Waals surface area contributed by atoms with Crippen molar-refractivity contribution in [2.24, 2.45) is 0 Å². The highest BCUT2D eigenvalue weighted by Crippen LogP contribution is 2.23. The van der Waals surface area contributed by atoms with Crippen LogP contribution in [0.2, 0.25) is 0 Å². The highest BCUT2D eigenvalue weighted by Gasteiger charge is 2.13. The van der Waals surface area contributed by atoms with Crippen LogP contribution in [0.4, 0.5) is 0 Å². The second kappa shape index (κ2) is 9.70. The van der Waals surface area contributed by atoms with Gasteiger partial charge in [-0.1, -0.05) is 30.3 Å². The van der Waals surface area contributed by atoms with Crippen molar-refractivity contribution in [3.63, 3.8) is 0 Å². The van der Waals surface area contributed by atoms with Gasteiger partial charge in [0, 0.05) is 18.5 Å². The Kier molecular flexibility index (Phi) is 7.05. The summed E-state index contributed by atoms with van der Waals surface area (Å²) in [5.74, 6) is 1.26. The number of nitrogens with zero attached hydrogens (tertiary/aromatic N) is 1. The smallest absolute Gasteiger partial charge is 0.162 e. The number of hydrogen-bond donors (Lipinski definition) is 0. The lowest BCUT2D eigenvalue weighted by molar-refractivity contribution is 0.0978. The lowest BCUT2D eigenvalue weighted by Gasteiger charge is -2.17. The van der Waals surface area contributed by atoms with Crippen molar-refractivity contribution in [1.82, 2.24) is 4.90 Å². The lowest BCUT2D eigenvalue weighted by atomic mass is 10.0. The summed E-state index contributed by atoms with van der Waals surface area (Å²) in [6.07, 6.45) is 7.17. The minimum atomic E-state index is 0.293. The average molecular weight is 366 g/mol. The second-order valence-corrected chi connectivity index (χ2v) is 7.58. The first kappa shape index (κ1) is 19.6. The molecule has 0 aliphatic heterocycles. The number of para-hydroxylation sites is 1. The third kappa shape index (κ3) is 5.43. The zero-order valence-electron chi connectivity index (χ0n) is 16.7. The Morgan fingerprint density at radius 2 is 1.85 bits per heavy atom. The Morgan fingerprint density at radius 1 is 1.04 bits per heavy atom. The zero-order valence-corrected chi connectivity index (χ0v) is 16.7. The monoisotopic (exact) mass is 365 g/mol. The van der Waals surface area contributed by atoms with Gasteiger partial charge in [-0.15, -0.1) is 0 Å². The van der Waals surface area contributed by atoms with E-state index in [4.69, 9.17) is 4.74 Å². The molecule has 0 bridgehead atoms. The van der Waals surface area contributed by atoms with Crippen LogP contribution in [0.5, 0.6) is 5.75 Å². The average Bonchev–Trinajstić information content (AvgIpc) is 3.17. The van der Waals surface area contributed by atoms with E-state index >= 15 is 0 Å². The van der Waals surface area contributed by atoms with Crippen molar-refractivity contribution in [3.8, 4) is 5.75 Å². The summed E-state index contributed by atoms with van der Waals surface area (Å²) in [4.78, 5) is 14.8. The molecule has 2 aromatic carbocycles. The highest BCUT2D eigenvalue weighted by atomic mass is 16.5. The summed E-state index contributed by atoms with van der Waals surface area (Å²) >= 11 is 0. The summed E-state index contributed by atoms with van der Waals surface area (Å²) in [5, 5.41) is 0. The van der Waals surface area contributed by atoms with E-state index in [1.54, 1.807) is 7.11 Å². The van der Waals surface area contributed by atoms with E-state index in [-0.39, 0.29) is 0 Å². The maximum atomic E-state index is 12.4. The molecule has 0 aromatic heterocycles. The van der Waals surface area contributed by atoms with Crippen molar-refractivity contribution in [1.29, 1.82) is 0 Å². The molecule has 0 fully saturated rings. The summed E-state index contributed by atoms with van der Waals surface area (Å²) in [6, 6.07) is 14.5. The normalized spacial score (nSPS) is 13.0. The molecule has 1 aliphatic carbocycles. The number of ketones is 1. The molecular weight excluding hydrogens is 334 g/mol. The SMILES string of the molecule is COc1ccccc1CCN(C)CCCCC(=O)c1ccc2c(c1)CCC2. The van der Waals surface area contributed by atoms with Crippen molar-refractivity contribution >= 4 is 5.78 Å². The number of methoxy groups -OCH3 is 1. The van der Waals surface area contributed by atoms with Gasteiger partial charge in [0.1, 0.15) is 5.75 Å². The van der Waals surface area contributed by atoms with E-state index in [0.717, 1.165) is 50.1 Å². The topological polar surface area (TPSA) is 29.5 Å². The highest BCUT2D eigenvalue weighted by molar-refractivity contribution is 5.96. The number of Topliss-reactive ketones (excluding diaryl/α,β-unsaturated/α-hetero) is 1. The standard InChI is InChI=1S/C24H31NO2/c1-25(17-15-20-8-3-4-12-24(20)27-2)16-6-5-11-23(26)22-14-13-19-9-7-10-21(19)18-22/h3-4,8,12-14,18H,5-7,9-11,15-17H2,1-2H3. The Hall–Kier alpha value is -2.13. The fourth-order valence-electron chi connectivity index (χ4n) is 3.89. The maximum Gasteiger partial charge on any atom is 0.162 e. The first-order valence-corrected chi connectivity index (χ1v) is 10.1. The molecule has 3 heteroatoms. The predicted octanol–water partition coefficient (Wildman–Crippen LogP) is 4.71. The van der Waals surface area contributed by atoms with Crippen LogP contribution < -0.4 is 4.74 Å². The summed E-state index contributed by atoms with van der Waals surface area (Å²) in [7, 11) is 3.87. The second-order valence-electron chi connectivity index (χ2n) is 7.58.